The third-order valence-corrected chi connectivity index (χ3v) is 9.81. The zero-order valence-electron chi connectivity index (χ0n) is 14.1. The fourth-order valence-corrected chi connectivity index (χ4v) is 4.07. The molecule has 0 spiro atoms. The molecule has 1 fully saturated rings. The van der Waals surface area contributed by atoms with Crippen molar-refractivity contribution in [2.75, 3.05) is 5.88 Å². The molecule has 1 rings (SSSR count). The molecule has 1 saturated heterocycles. The normalized spacial score (nSPS) is 25.8. The fourth-order valence-electron chi connectivity index (χ4n) is 2.40. The zero-order chi connectivity index (χ0) is 16.6. The molecule has 0 aromatic carbocycles. The lowest BCUT2D eigenvalue weighted by Crippen LogP contribution is -2.66. The largest absolute Gasteiger partial charge is 0.413 e. The summed E-state index contributed by atoms with van der Waals surface area (Å²) in [5.41, 5.74) is 0. The minimum Gasteiger partial charge on any atom is -0.413 e. The van der Waals surface area contributed by atoms with Gasteiger partial charge in [-0.1, -0.05) is 27.7 Å². The molecule has 1 N–H and O–H groups in total. The van der Waals surface area contributed by atoms with Crippen molar-refractivity contribution in [1.29, 1.82) is 0 Å². The fraction of sp³-hybridized carbons (Fsp3) is 0.867. The first-order chi connectivity index (χ1) is 9.42. The zero-order valence-corrected chi connectivity index (χ0v) is 15.9. The summed E-state index contributed by atoms with van der Waals surface area (Å²) in [6.07, 6.45) is -0.185. The van der Waals surface area contributed by atoms with E-state index in [-0.39, 0.29) is 46.6 Å². The van der Waals surface area contributed by atoms with E-state index in [2.05, 4.69) is 39.2 Å². The second-order valence-corrected chi connectivity index (χ2v) is 12.6. The second-order valence-electron chi connectivity index (χ2n) is 7.53. The molecular formula is C15H28ClNO3Si. The van der Waals surface area contributed by atoms with Crippen molar-refractivity contribution in [3.05, 3.63) is 0 Å². The Morgan fingerprint density at radius 1 is 1.38 bits per heavy atom. The predicted molar refractivity (Wildman–Crippen MR) is 88.1 cm³/mol. The molecule has 1 amide bonds. The lowest BCUT2D eigenvalue weighted by atomic mass is 9.77. The van der Waals surface area contributed by atoms with Crippen LogP contribution in [0.15, 0.2) is 0 Å². The highest BCUT2D eigenvalue weighted by Crippen LogP contribution is 2.39. The van der Waals surface area contributed by atoms with Crippen LogP contribution in [0.1, 0.15) is 34.6 Å². The van der Waals surface area contributed by atoms with E-state index < -0.39 is 8.32 Å². The highest BCUT2D eigenvalue weighted by Gasteiger charge is 2.50. The van der Waals surface area contributed by atoms with Crippen LogP contribution in [0.4, 0.5) is 0 Å². The Hall–Kier alpha value is -0.393. The number of alkyl halides is 1. The number of hydrogen-bond donors (Lipinski definition) is 1. The van der Waals surface area contributed by atoms with Crippen molar-refractivity contribution in [1.82, 2.24) is 5.32 Å². The number of halogens is 1. The van der Waals surface area contributed by atoms with Crippen molar-refractivity contribution in [2.24, 2.45) is 11.8 Å². The Kier molecular flexibility index (Phi) is 5.67. The molecule has 0 saturated carbocycles. The van der Waals surface area contributed by atoms with Crippen molar-refractivity contribution < 1.29 is 14.0 Å². The van der Waals surface area contributed by atoms with Gasteiger partial charge in [-0.15, -0.1) is 11.6 Å². The van der Waals surface area contributed by atoms with Gasteiger partial charge in [-0.25, -0.2) is 0 Å². The molecule has 4 nitrogen and oxygen atoms in total. The molecule has 21 heavy (non-hydrogen) atoms. The van der Waals surface area contributed by atoms with Crippen LogP contribution < -0.4 is 5.32 Å². The van der Waals surface area contributed by atoms with E-state index in [4.69, 9.17) is 16.0 Å². The number of rotatable bonds is 6. The summed E-state index contributed by atoms with van der Waals surface area (Å²) in [5.74, 6) is -0.610. The number of carbonyl (C=O) groups excluding carboxylic acids is 2. The van der Waals surface area contributed by atoms with Gasteiger partial charge in [-0.05, 0) is 25.1 Å². The molecule has 0 aromatic rings. The average molecular weight is 334 g/mol. The monoisotopic (exact) mass is 333 g/mol. The molecular weight excluding hydrogens is 306 g/mol. The van der Waals surface area contributed by atoms with Crippen LogP contribution in [0.25, 0.3) is 0 Å². The molecule has 1 aliphatic rings. The summed E-state index contributed by atoms with van der Waals surface area (Å²) in [6.45, 7) is 14.6. The summed E-state index contributed by atoms with van der Waals surface area (Å²) in [6, 6.07) is -0.163. The molecule has 0 aliphatic carbocycles. The topological polar surface area (TPSA) is 55.4 Å². The Bertz CT molecular complexity index is 420. The number of ketones is 1. The lowest BCUT2D eigenvalue weighted by Gasteiger charge is -2.46. The number of amides is 1. The Morgan fingerprint density at radius 3 is 2.29 bits per heavy atom. The van der Waals surface area contributed by atoms with Crippen LogP contribution in [-0.2, 0) is 14.0 Å². The van der Waals surface area contributed by atoms with Crippen LogP contribution >= 0.6 is 11.6 Å². The van der Waals surface area contributed by atoms with E-state index in [0.29, 0.717) is 0 Å². The third-order valence-electron chi connectivity index (χ3n) is 4.97. The van der Waals surface area contributed by atoms with E-state index in [1.165, 1.54) is 0 Å². The minimum absolute atomic E-state index is 0.0161. The van der Waals surface area contributed by atoms with Gasteiger partial charge in [0.2, 0.25) is 5.91 Å². The highest BCUT2D eigenvalue weighted by molar-refractivity contribution is 6.74. The Balaban J connectivity index is 2.79. The predicted octanol–water partition coefficient (Wildman–Crippen LogP) is 2.96. The van der Waals surface area contributed by atoms with Crippen molar-refractivity contribution >= 4 is 31.6 Å². The number of hydrogen-bond acceptors (Lipinski definition) is 3. The van der Waals surface area contributed by atoms with E-state index in [0.717, 1.165) is 0 Å². The van der Waals surface area contributed by atoms with E-state index in [9.17, 15) is 9.59 Å². The maximum Gasteiger partial charge on any atom is 0.228 e. The van der Waals surface area contributed by atoms with Gasteiger partial charge in [-0.3, -0.25) is 9.59 Å². The van der Waals surface area contributed by atoms with Crippen LogP contribution in [0.2, 0.25) is 18.1 Å². The highest BCUT2D eigenvalue weighted by atomic mass is 35.5. The first-order valence-electron chi connectivity index (χ1n) is 7.49. The summed E-state index contributed by atoms with van der Waals surface area (Å²) < 4.78 is 6.30. The van der Waals surface area contributed by atoms with Crippen LogP contribution in [0.5, 0.6) is 0 Å². The second kappa shape index (κ2) is 6.38. The van der Waals surface area contributed by atoms with Crippen molar-refractivity contribution in [3.63, 3.8) is 0 Å². The van der Waals surface area contributed by atoms with Gasteiger partial charge in [0.05, 0.1) is 23.9 Å². The smallest absolute Gasteiger partial charge is 0.228 e. The maximum atomic E-state index is 11.9. The third kappa shape index (κ3) is 3.87. The van der Waals surface area contributed by atoms with E-state index in [1.807, 2.05) is 13.8 Å². The summed E-state index contributed by atoms with van der Waals surface area (Å²) in [7, 11) is -1.93. The number of β-lactam (4-membered cyclic amide) rings is 1. The van der Waals surface area contributed by atoms with Gasteiger partial charge < -0.3 is 9.74 Å². The number of carbonyl (C=O) groups is 2. The van der Waals surface area contributed by atoms with Gasteiger partial charge >= 0.3 is 0 Å². The molecule has 6 heteroatoms. The maximum absolute atomic E-state index is 11.9. The molecule has 1 heterocycles. The van der Waals surface area contributed by atoms with Crippen LogP contribution in [0, 0.1) is 11.8 Å². The van der Waals surface area contributed by atoms with Gasteiger partial charge in [0.15, 0.2) is 14.1 Å². The SMILES string of the molecule is CC(O[Si](C)(C)C(C)(C)C)C1C(=O)NC1[C@@H](C)C(=O)CCl. The van der Waals surface area contributed by atoms with Gasteiger partial charge in [0.25, 0.3) is 0 Å². The first kappa shape index (κ1) is 18.7. The van der Waals surface area contributed by atoms with E-state index in [1.54, 1.807) is 0 Å². The molecule has 122 valence electrons. The van der Waals surface area contributed by atoms with Gasteiger partial charge in [0.1, 0.15) is 0 Å². The summed E-state index contributed by atoms with van der Waals surface area (Å²) >= 11 is 5.62. The van der Waals surface area contributed by atoms with Gasteiger partial charge in [0, 0.05) is 5.92 Å². The quantitative estimate of drug-likeness (QED) is 0.462. The Morgan fingerprint density at radius 2 is 1.90 bits per heavy atom. The first-order valence-corrected chi connectivity index (χ1v) is 10.9. The summed E-state index contributed by atoms with van der Waals surface area (Å²) in [5, 5.41) is 2.92. The number of Topliss-reactive ketones (excluding diaryl/α,β-unsaturated/α-hetero) is 1. The van der Waals surface area contributed by atoms with Gasteiger partial charge in [-0.2, -0.15) is 0 Å². The van der Waals surface area contributed by atoms with Crippen LogP contribution in [0.3, 0.4) is 0 Å². The number of nitrogens with one attached hydrogen (secondary N) is 1. The molecule has 3 unspecified atom stereocenters. The molecule has 0 aromatic heterocycles. The minimum atomic E-state index is -1.93. The molecule has 1 aliphatic heterocycles. The Labute approximate surface area is 134 Å². The lowest BCUT2D eigenvalue weighted by molar-refractivity contribution is -0.143. The van der Waals surface area contributed by atoms with Crippen molar-refractivity contribution in [2.45, 2.75) is 64.9 Å². The standard InChI is InChI=1S/C15H28ClNO3Si/c1-9(11(18)8-16)13-12(14(19)17-13)10(2)20-21(6,7)15(3,4)5/h9-10,12-13H,8H2,1-7H3,(H,17,19)/t9-,10?,12?,13?/m0/s1. The molecule has 0 bridgehead atoms. The van der Waals surface area contributed by atoms with Crippen molar-refractivity contribution in [3.8, 4) is 0 Å². The van der Waals surface area contributed by atoms with Crippen LogP contribution in [-0.4, -0.2) is 38.0 Å². The average Bonchev–Trinajstić information content (AvgIpc) is 2.31. The molecule has 0 radical (unpaired) electrons. The molecule has 4 atom stereocenters. The van der Waals surface area contributed by atoms with E-state index >= 15 is 0 Å². The summed E-state index contributed by atoms with van der Waals surface area (Å²) in [4.78, 5) is 23.7.